The van der Waals surface area contributed by atoms with Crippen molar-refractivity contribution in [3.8, 4) is 5.75 Å². The number of alkyl carbamates (subject to hydrolysis) is 1. The van der Waals surface area contributed by atoms with Crippen LogP contribution in [-0.4, -0.2) is 30.1 Å². The van der Waals surface area contributed by atoms with E-state index in [2.05, 4.69) is 31.3 Å². The van der Waals surface area contributed by atoms with Crippen molar-refractivity contribution in [2.24, 2.45) is 0 Å². The summed E-state index contributed by atoms with van der Waals surface area (Å²) in [4.78, 5) is 11.7. The van der Waals surface area contributed by atoms with Crippen molar-refractivity contribution < 1.29 is 27.4 Å². The zero-order valence-corrected chi connectivity index (χ0v) is 15.6. The van der Waals surface area contributed by atoms with Gasteiger partial charge in [0.05, 0.1) is 5.69 Å². The molecule has 2 rings (SSSR count). The summed E-state index contributed by atoms with van der Waals surface area (Å²) in [6, 6.07) is 4.26. The highest BCUT2D eigenvalue weighted by Gasteiger charge is 2.35. The molecule has 0 atom stereocenters. The zero-order chi connectivity index (χ0) is 18.8. The fraction of sp³-hybridized carbons (Fsp3) is 0.562. The molecule has 0 radical (unpaired) electrons. The van der Waals surface area contributed by atoms with Gasteiger partial charge >= 0.3 is 12.5 Å². The number of nitrogens with one attached hydrogen (secondary N) is 2. The van der Waals surface area contributed by atoms with Gasteiger partial charge < -0.3 is 20.1 Å². The van der Waals surface area contributed by atoms with Crippen LogP contribution in [0.5, 0.6) is 5.75 Å². The van der Waals surface area contributed by atoms with Crippen LogP contribution in [0.25, 0.3) is 0 Å². The summed E-state index contributed by atoms with van der Waals surface area (Å²) in [6.45, 7) is 5.31. The van der Waals surface area contributed by atoms with E-state index in [1.54, 1.807) is 26.8 Å². The molecule has 1 aliphatic carbocycles. The highest BCUT2D eigenvalue weighted by Crippen LogP contribution is 2.35. The number of carbonyl (C=O) groups excluding carboxylic acids is 1. The molecular weight excluding hydrogens is 405 g/mol. The van der Waals surface area contributed by atoms with E-state index in [1.165, 1.54) is 12.1 Å². The summed E-state index contributed by atoms with van der Waals surface area (Å²) >= 11 is 3.13. The molecule has 140 valence electrons. The van der Waals surface area contributed by atoms with Crippen LogP contribution >= 0.6 is 15.9 Å². The number of benzene rings is 1. The van der Waals surface area contributed by atoms with Crippen molar-refractivity contribution in [1.29, 1.82) is 0 Å². The average Bonchev–Trinajstić information content (AvgIpc) is 2.34. The van der Waals surface area contributed by atoms with Gasteiger partial charge in [0.1, 0.15) is 5.60 Å². The van der Waals surface area contributed by atoms with Gasteiger partial charge in [-0.2, -0.15) is 0 Å². The molecule has 1 aromatic carbocycles. The van der Waals surface area contributed by atoms with Crippen LogP contribution in [0.1, 0.15) is 33.6 Å². The summed E-state index contributed by atoms with van der Waals surface area (Å²) in [6.07, 6.45) is -4.10. The number of halogens is 4. The second kappa shape index (κ2) is 7.31. The lowest BCUT2D eigenvalue weighted by Gasteiger charge is -2.37. The van der Waals surface area contributed by atoms with Crippen molar-refractivity contribution in [2.75, 3.05) is 5.32 Å². The number of hydrogen-bond acceptors (Lipinski definition) is 4. The van der Waals surface area contributed by atoms with Gasteiger partial charge in [0.2, 0.25) is 0 Å². The lowest BCUT2D eigenvalue weighted by atomic mass is 9.86. The molecule has 1 saturated carbocycles. The number of hydrogen-bond donors (Lipinski definition) is 2. The van der Waals surface area contributed by atoms with Crippen LogP contribution in [-0.2, 0) is 4.74 Å². The van der Waals surface area contributed by atoms with Gasteiger partial charge in [-0.25, -0.2) is 4.79 Å². The van der Waals surface area contributed by atoms with Gasteiger partial charge in [0, 0.05) is 16.6 Å². The smallest absolute Gasteiger partial charge is 0.444 e. The lowest BCUT2D eigenvalue weighted by Crippen LogP contribution is -2.50. The molecule has 0 bridgehead atoms. The summed E-state index contributed by atoms with van der Waals surface area (Å²) in [5.41, 5.74) is -0.325. The van der Waals surface area contributed by atoms with Gasteiger partial charge in [0.25, 0.3) is 0 Å². The predicted molar refractivity (Wildman–Crippen MR) is 90.6 cm³/mol. The lowest BCUT2D eigenvalue weighted by molar-refractivity contribution is -0.274. The molecule has 1 aliphatic rings. The van der Waals surface area contributed by atoms with Gasteiger partial charge in [0.15, 0.2) is 5.75 Å². The first-order valence-corrected chi connectivity index (χ1v) is 8.52. The maximum Gasteiger partial charge on any atom is 0.573 e. The fourth-order valence-corrected chi connectivity index (χ4v) is 2.71. The summed E-state index contributed by atoms with van der Waals surface area (Å²) in [5.74, 6) is -0.301. The first kappa shape index (κ1) is 19.7. The molecule has 2 N–H and O–H groups in total. The average molecular weight is 425 g/mol. The highest BCUT2D eigenvalue weighted by molar-refractivity contribution is 9.10. The fourth-order valence-electron chi connectivity index (χ4n) is 2.37. The Bertz CT molecular complexity index is 626. The Morgan fingerprint density at radius 1 is 1.20 bits per heavy atom. The highest BCUT2D eigenvalue weighted by atomic mass is 79.9. The van der Waals surface area contributed by atoms with E-state index in [1.807, 2.05) is 0 Å². The minimum atomic E-state index is -4.77. The van der Waals surface area contributed by atoms with Crippen molar-refractivity contribution in [1.82, 2.24) is 5.32 Å². The van der Waals surface area contributed by atoms with Gasteiger partial charge in [-0.1, -0.05) is 15.9 Å². The van der Waals surface area contributed by atoms with Crippen LogP contribution in [0.3, 0.4) is 0 Å². The molecule has 0 unspecified atom stereocenters. The van der Waals surface area contributed by atoms with E-state index in [4.69, 9.17) is 4.74 Å². The Kier molecular flexibility index (Phi) is 5.75. The molecule has 0 heterocycles. The maximum absolute atomic E-state index is 12.5. The van der Waals surface area contributed by atoms with E-state index < -0.39 is 18.1 Å². The second-order valence-electron chi connectivity index (χ2n) is 6.84. The number of alkyl halides is 3. The third kappa shape index (κ3) is 6.64. The van der Waals surface area contributed by atoms with Crippen LogP contribution in [0.2, 0.25) is 0 Å². The van der Waals surface area contributed by atoms with Gasteiger partial charge in [-0.3, -0.25) is 0 Å². The van der Waals surface area contributed by atoms with Gasteiger partial charge in [-0.05, 0) is 51.8 Å². The van der Waals surface area contributed by atoms with E-state index in [0.29, 0.717) is 17.3 Å². The predicted octanol–water partition coefficient (Wildman–Crippen LogP) is 4.82. The third-order valence-corrected chi connectivity index (χ3v) is 3.88. The Hall–Kier alpha value is -1.64. The topological polar surface area (TPSA) is 59.6 Å². The number of ether oxygens (including phenoxy) is 2. The standard InChI is InChI=1S/C16H20BrF3N2O3/c1-15(2,3)25-14(23)22-11-7-10(8-11)21-12-5-4-9(17)6-13(12)24-16(18,19)20/h4-6,10-11,21H,7-8H2,1-3H3,(H,22,23). The molecular formula is C16H20BrF3N2O3. The van der Waals surface area contributed by atoms with Crippen molar-refractivity contribution >= 4 is 27.7 Å². The molecule has 0 aromatic heterocycles. The Balaban J connectivity index is 1.88. The van der Waals surface area contributed by atoms with Crippen LogP contribution < -0.4 is 15.4 Å². The van der Waals surface area contributed by atoms with E-state index in [0.717, 1.165) is 0 Å². The number of rotatable bonds is 4. The normalized spacial score (nSPS) is 20.4. The number of carbonyl (C=O) groups is 1. The molecule has 1 fully saturated rings. The monoisotopic (exact) mass is 424 g/mol. The van der Waals surface area contributed by atoms with Crippen molar-refractivity contribution in [2.45, 2.75) is 57.7 Å². The minimum Gasteiger partial charge on any atom is -0.444 e. The molecule has 1 amide bonds. The zero-order valence-electron chi connectivity index (χ0n) is 14.0. The van der Waals surface area contributed by atoms with E-state index >= 15 is 0 Å². The van der Waals surface area contributed by atoms with Crippen LogP contribution in [0.4, 0.5) is 23.7 Å². The molecule has 0 aliphatic heterocycles. The quantitative estimate of drug-likeness (QED) is 0.727. The maximum atomic E-state index is 12.5. The number of anilines is 1. The van der Waals surface area contributed by atoms with Crippen LogP contribution in [0.15, 0.2) is 22.7 Å². The first-order valence-electron chi connectivity index (χ1n) is 7.72. The van der Waals surface area contributed by atoms with Crippen LogP contribution in [0, 0.1) is 0 Å². The molecule has 1 aromatic rings. The Morgan fingerprint density at radius 2 is 1.84 bits per heavy atom. The van der Waals surface area contributed by atoms with E-state index in [-0.39, 0.29) is 23.5 Å². The SMILES string of the molecule is CC(C)(C)OC(=O)NC1CC(Nc2ccc(Br)cc2OC(F)(F)F)C1. The summed E-state index contributed by atoms with van der Waals surface area (Å²) < 4.78 is 47.2. The largest absolute Gasteiger partial charge is 0.573 e. The summed E-state index contributed by atoms with van der Waals surface area (Å²) in [5, 5.41) is 5.74. The van der Waals surface area contributed by atoms with Crippen molar-refractivity contribution in [3.63, 3.8) is 0 Å². The van der Waals surface area contributed by atoms with Gasteiger partial charge in [-0.15, -0.1) is 13.2 Å². The Labute approximate surface area is 152 Å². The minimum absolute atomic E-state index is 0.0586. The first-order chi connectivity index (χ1) is 11.4. The molecule has 25 heavy (non-hydrogen) atoms. The third-order valence-electron chi connectivity index (χ3n) is 3.39. The molecule has 0 saturated heterocycles. The molecule has 9 heteroatoms. The molecule has 5 nitrogen and oxygen atoms in total. The molecule has 0 spiro atoms. The Morgan fingerprint density at radius 3 is 2.40 bits per heavy atom. The number of amides is 1. The van der Waals surface area contributed by atoms with E-state index in [9.17, 15) is 18.0 Å². The summed E-state index contributed by atoms with van der Waals surface area (Å²) in [7, 11) is 0. The second-order valence-corrected chi connectivity index (χ2v) is 7.76. The van der Waals surface area contributed by atoms with Crippen molar-refractivity contribution in [3.05, 3.63) is 22.7 Å².